The molecule has 2 aliphatic heterocycles. The Balaban J connectivity index is 0.000000146. The second-order valence-corrected chi connectivity index (χ2v) is 3.94. The van der Waals surface area contributed by atoms with Crippen LogP contribution in [0.25, 0.3) is 0 Å². The molecule has 3 heteroatoms. The summed E-state index contributed by atoms with van der Waals surface area (Å²) in [6.07, 6.45) is 8.71. The predicted octanol–water partition coefficient (Wildman–Crippen LogP) is 2.03. The maximum absolute atomic E-state index is 4.14. The average Bonchev–Trinajstić information content (AvgIpc) is 2.70. The molecule has 2 heterocycles. The third-order valence-corrected chi connectivity index (χ3v) is 2.65. The number of hydrogen-bond donors (Lipinski definition) is 1. The normalized spacial score (nSPS) is 23.0. The van der Waals surface area contributed by atoms with Gasteiger partial charge in [0.25, 0.3) is 0 Å². The summed E-state index contributed by atoms with van der Waals surface area (Å²) in [4.78, 5) is 8.28. The highest BCUT2D eigenvalue weighted by Crippen LogP contribution is 2.17. The van der Waals surface area contributed by atoms with Gasteiger partial charge in [0.05, 0.1) is 0 Å². The van der Waals surface area contributed by atoms with E-state index in [-0.39, 0.29) is 5.66 Å². The standard InChI is InChI=1S/C6H10N2.C5H11N/c1-3-6(2)7-4-5-8-6;1-2-4-6-5-3-1/h4-5H,3H2,1-2H3;6H,1-5H2. The van der Waals surface area contributed by atoms with Gasteiger partial charge >= 0.3 is 0 Å². The van der Waals surface area contributed by atoms with E-state index in [1.165, 1.54) is 32.4 Å². The minimum Gasteiger partial charge on any atom is -0.317 e. The van der Waals surface area contributed by atoms with Crippen LogP contribution in [0.1, 0.15) is 39.5 Å². The third kappa shape index (κ3) is 4.01. The highest BCUT2D eigenvalue weighted by Gasteiger charge is 2.18. The Morgan fingerprint density at radius 2 is 1.71 bits per heavy atom. The summed E-state index contributed by atoms with van der Waals surface area (Å²) < 4.78 is 0. The van der Waals surface area contributed by atoms with Crippen molar-refractivity contribution in [2.24, 2.45) is 9.98 Å². The maximum Gasteiger partial charge on any atom is 0.147 e. The van der Waals surface area contributed by atoms with Crippen LogP contribution < -0.4 is 5.32 Å². The van der Waals surface area contributed by atoms with Crippen LogP contribution in [0.2, 0.25) is 0 Å². The zero-order valence-electron chi connectivity index (χ0n) is 9.29. The van der Waals surface area contributed by atoms with Crippen molar-refractivity contribution in [2.45, 2.75) is 45.2 Å². The molecule has 0 bridgehead atoms. The van der Waals surface area contributed by atoms with Crippen molar-refractivity contribution >= 4 is 12.4 Å². The van der Waals surface area contributed by atoms with E-state index < -0.39 is 0 Å². The van der Waals surface area contributed by atoms with Crippen molar-refractivity contribution in [3.63, 3.8) is 0 Å². The van der Waals surface area contributed by atoms with E-state index in [9.17, 15) is 0 Å². The van der Waals surface area contributed by atoms with Gasteiger partial charge in [0, 0.05) is 12.4 Å². The molecule has 0 spiro atoms. The first-order valence-electron chi connectivity index (χ1n) is 5.56. The second kappa shape index (κ2) is 5.91. The third-order valence-electron chi connectivity index (χ3n) is 2.65. The Morgan fingerprint density at radius 3 is 1.93 bits per heavy atom. The molecular formula is C11H21N3. The Labute approximate surface area is 86.7 Å². The van der Waals surface area contributed by atoms with Crippen LogP contribution in [-0.4, -0.2) is 31.2 Å². The maximum atomic E-state index is 4.14. The molecule has 0 aromatic heterocycles. The molecular weight excluding hydrogens is 174 g/mol. The lowest BCUT2D eigenvalue weighted by molar-refractivity contribution is 0.492. The lowest BCUT2D eigenvalue weighted by Crippen LogP contribution is -2.21. The van der Waals surface area contributed by atoms with Gasteiger partial charge in [-0.3, -0.25) is 9.98 Å². The summed E-state index contributed by atoms with van der Waals surface area (Å²) in [5.41, 5.74) is -0.125. The van der Waals surface area contributed by atoms with Crippen LogP contribution in [0.5, 0.6) is 0 Å². The molecule has 0 unspecified atom stereocenters. The summed E-state index contributed by atoms with van der Waals surface area (Å²) in [6, 6.07) is 0. The van der Waals surface area contributed by atoms with Crippen molar-refractivity contribution in [3.05, 3.63) is 0 Å². The molecule has 0 radical (unpaired) electrons. The van der Waals surface area contributed by atoms with E-state index in [0.717, 1.165) is 6.42 Å². The van der Waals surface area contributed by atoms with E-state index in [2.05, 4.69) is 22.2 Å². The fourth-order valence-electron chi connectivity index (χ4n) is 1.41. The summed E-state index contributed by atoms with van der Waals surface area (Å²) in [6.45, 7) is 6.60. The summed E-state index contributed by atoms with van der Waals surface area (Å²) in [7, 11) is 0. The zero-order valence-corrected chi connectivity index (χ0v) is 9.29. The van der Waals surface area contributed by atoms with Crippen molar-refractivity contribution in [2.75, 3.05) is 13.1 Å². The van der Waals surface area contributed by atoms with Crippen LogP contribution in [0.4, 0.5) is 0 Å². The molecule has 0 aromatic carbocycles. The number of nitrogens with one attached hydrogen (secondary N) is 1. The lowest BCUT2D eigenvalue weighted by Gasteiger charge is -2.12. The summed E-state index contributed by atoms with van der Waals surface area (Å²) in [5, 5.41) is 3.28. The molecule has 14 heavy (non-hydrogen) atoms. The van der Waals surface area contributed by atoms with Crippen molar-refractivity contribution in [1.29, 1.82) is 0 Å². The number of piperidine rings is 1. The highest BCUT2D eigenvalue weighted by molar-refractivity contribution is 6.17. The Bertz CT molecular complexity index is 181. The van der Waals surface area contributed by atoms with E-state index in [0.29, 0.717) is 0 Å². The van der Waals surface area contributed by atoms with Gasteiger partial charge in [-0.1, -0.05) is 13.3 Å². The van der Waals surface area contributed by atoms with Gasteiger partial charge < -0.3 is 5.32 Å². The largest absolute Gasteiger partial charge is 0.317 e. The first kappa shape index (κ1) is 11.4. The smallest absolute Gasteiger partial charge is 0.147 e. The van der Waals surface area contributed by atoms with Gasteiger partial charge in [-0.25, -0.2) is 0 Å². The zero-order chi connectivity index (χ0) is 10.3. The molecule has 2 aliphatic rings. The SMILES string of the molecule is C1CCNCC1.CCC1(C)N=CC=N1. The number of rotatable bonds is 1. The highest BCUT2D eigenvalue weighted by atomic mass is 15.1. The average molecular weight is 195 g/mol. The molecule has 0 aliphatic carbocycles. The van der Waals surface area contributed by atoms with Gasteiger partial charge in [0.15, 0.2) is 0 Å². The Hall–Kier alpha value is -0.700. The van der Waals surface area contributed by atoms with Crippen molar-refractivity contribution < 1.29 is 0 Å². The molecule has 1 saturated heterocycles. The van der Waals surface area contributed by atoms with Crippen LogP contribution in [0.15, 0.2) is 9.98 Å². The quantitative estimate of drug-likeness (QED) is 0.683. The van der Waals surface area contributed by atoms with E-state index >= 15 is 0 Å². The Kier molecular flexibility index (Phi) is 4.80. The predicted molar refractivity (Wildman–Crippen MR) is 62.4 cm³/mol. The lowest BCUT2D eigenvalue weighted by atomic mass is 10.2. The minimum absolute atomic E-state index is 0.125. The first-order chi connectivity index (χ1) is 6.77. The fraction of sp³-hybridized carbons (Fsp3) is 0.818. The second-order valence-electron chi connectivity index (χ2n) is 3.94. The van der Waals surface area contributed by atoms with Gasteiger partial charge in [-0.05, 0) is 39.3 Å². The molecule has 0 aromatic rings. The molecule has 0 saturated carbocycles. The van der Waals surface area contributed by atoms with Gasteiger partial charge in [0.2, 0.25) is 0 Å². The first-order valence-corrected chi connectivity index (χ1v) is 5.56. The molecule has 0 atom stereocenters. The monoisotopic (exact) mass is 195 g/mol. The molecule has 1 fully saturated rings. The van der Waals surface area contributed by atoms with E-state index in [1.54, 1.807) is 12.4 Å². The van der Waals surface area contributed by atoms with Crippen LogP contribution in [0, 0.1) is 0 Å². The molecule has 3 nitrogen and oxygen atoms in total. The molecule has 80 valence electrons. The topological polar surface area (TPSA) is 36.8 Å². The molecule has 0 amide bonds. The van der Waals surface area contributed by atoms with Crippen molar-refractivity contribution in [1.82, 2.24) is 5.32 Å². The van der Waals surface area contributed by atoms with Gasteiger partial charge in [-0.2, -0.15) is 0 Å². The fourth-order valence-corrected chi connectivity index (χ4v) is 1.41. The van der Waals surface area contributed by atoms with E-state index in [1.807, 2.05) is 6.92 Å². The summed E-state index contributed by atoms with van der Waals surface area (Å²) in [5.74, 6) is 0. The van der Waals surface area contributed by atoms with Crippen molar-refractivity contribution in [3.8, 4) is 0 Å². The number of hydrogen-bond acceptors (Lipinski definition) is 3. The van der Waals surface area contributed by atoms with Crippen LogP contribution in [0.3, 0.4) is 0 Å². The number of aliphatic imine (C=N–C) groups is 2. The number of nitrogens with zero attached hydrogens (tertiary/aromatic N) is 2. The molecule has 2 rings (SSSR count). The minimum atomic E-state index is -0.125. The van der Waals surface area contributed by atoms with E-state index in [4.69, 9.17) is 0 Å². The van der Waals surface area contributed by atoms with Crippen LogP contribution in [-0.2, 0) is 0 Å². The van der Waals surface area contributed by atoms with Gasteiger partial charge in [0.1, 0.15) is 5.66 Å². The van der Waals surface area contributed by atoms with Gasteiger partial charge in [-0.15, -0.1) is 0 Å². The van der Waals surface area contributed by atoms with Crippen LogP contribution >= 0.6 is 0 Å². The summed E-state index contributed by atoms with van der Waals surface area (Å²) >= 11 is 0. The molecule has 1 N–H and O–H groups in total. The Morgan fingerprint density at radius 1 is 1.14 bits per heavy atom.